The normalized spacial score (nSPS) is 10.3. The summed E-state index contributed by atoms with van der Waals surface area (Å²) in [6.45, 7) is 0.371. The molecule has 0 fully saturated rings. The molecule has 1 amide bonds. The minimum Gasteiger partial charge on any atom is -0.445 e. The Morgan fingerprint density at radius 3 is 2.65 bits per heavy atom. The zero-order valence-electron chi connectivity index (χ0n) is 10.8. The van der Waals surface area contributed by atoms with E-state index < -0.39 is 6.09 Å². The highest BCUT2D eigenvalue weighted by molar-refractivity contribution is 6.41. The van der Waals surface area contributed by atoms with E-state index in [0.717, 1.165) is 5.56 Å². The summed E-state index contributed by atoms with van der Waals surface area (Å²) in [6.07, 6.45) is -0.535. The lowest BCUT2D eigenvalue weighted by Crippen LogP contribution is -2.24. The standard InChI is InChI=1S/C13H13Cl2N3O2/c1-18-12(15)11(14)10(17-18)7-16-13(19)20-8-9-5-3-2-4-6-9/h2-6H,7-8H2,1H3,(H,16,19). The van der Waals surface area contributed by atoms with Gasteiger partial charge < -0.3 is 10.1 Å². The van der Waals surface area contributed by atoms with Crippen molar-refractivity contribution in [2.24, 2.45) is 7.05 Å². The van der Waals surface area contributed by atoms with Crippen LogP contribution in [0.15, 0.2) is 30.3 Å². The van der Waals surface area contributed by atoms with E-state index in [2.05, 4.69) is 10.4 Å². The maximum atomic E-state index is 11.5. The van der Waals surface area contributed by atoms with Gasteiger partial charge in [0.15, 0.2) is 0 Å². The van der Waals surface area contributed by atoms with Crippen LogP contribution in [0.4, 0.5) is 4.79 Å². The SMILES string of the molecule is Cn1nc(CNC(=O)OCc2ccccc2)c(Cl)c1Cl. The molecule has 0 saturated carbocycles. The first-order valence-electron chi connectivity index (χ1n) is 5.89. The van der Waals surface area contributed by atoms with Gasteiger partial charge in [0.05, 0.1) is 6.54 Å². The summed E-state index contributed by atoms with van der Waals surface area (Å²) >= 11 is 11.8. The van der Waals surface area contributed by atoms with Crippen LogP contribution in [0, 0.1) is 0 Å². The number of rotatable bonds is 4. The molecule has 1 aromatic heterocycles. The van der Waals surface area contributed by atoms with Crippen molar-refractivity contribution in [1.82, 2.24) is 15.1 Å². The number of alkyl carbamates (subject to hydrolysis) is 1. The van der Waals surface area contributed by atoms with Gasteiger partial charge >= 0.3 is 6.09 Å². The number of nitrogens with one attached hydrogen (secondary N) is 1. The highest BCUT2D eigenvalue weighted by atomic mass is 35.5. The number of benzene rings is 1. The number of aromatic nitrogens is 2. The number of aryl methyl sites for hydroxylation is 1. The maximum absolute atomic E-state index is 11.5. The van der Waals surface area contributed by atoms with E-state index in [1.165, 1.54) is 4.68 Å². The number of nitrogens with zero attached hydrogens (tertiary/aromatic N) is 2. The summed E-state index contributed by atoms with van der Waals surface area (Å²) in [6, 6.07) is 9.42. The summed E-state index contributed by atoms with van der Waals surface area (Å²) in [4.78, 5) is 11.5. The second-order valence-electron chi connectivity index (χ2n) is 4.09. The third-order valence-electron chi connectivity index (χ3n) is 2.60. The van der Waals surface area contributed by atoms with E-state index in [-0.39, 0.29) is 13.2 Å². The van der Waals surface area contributed by atoms with Gasteiger partial charge in [0, 0.05) is 7.05 Å². The van der Waals surface area contributed by atoms with E-state index in [0.29, 0.717) is 15.9 Å². The number of ether oxygens (including phenoxy) is 1. The second-order valence-corrected chi connectivity index (χ2v) is 4.83. The minimum atomic E-state index is -0.535. The average molecular weight is 314 g/mol. The molecule has 0 atom stereocenters. The Kier molecular flexibility index (Phi) is 4.87. The predicted molar refractivity (Wildman–Crippen MR) is 76.7 cm³/mol. The molecule has 0 spiro atoms. The van der Waals surface area contributed by atoms with Crippen LogP contribution in [0.3, 0.4) is 0 Å². The first kappa shape index (κ1) is 14.7. The molecule has 7 heteroatoms. The van der Waals surface area contributed by atoms with Gasteiger partial charge in [-0.1, -0.05) is 53.5 Å². The Morgan fingerprint density at radius 1 is 1.35 bits per heavy atom. The van der Waals surface area contributed by atoms with Crippen LogP contribution in [-0.2, 0) is 24.9 Å². The van der Waals surface area contributed by atoms with Gasteiger partial charge in [-0.15, -0.1) is 0 Å². The Balaban J connectivity index is 1.82. The molecule has 1 N–H and O–H groups in total. The highest BCUT2D eigenvalue weighted by Crippen LogP contribution is 2.24. The van der Waals surface area contributed by atoms with Crippen LogP contribution in [-0.4, -0.2) is 15.9 Å². The monoisotopic (exact) mass is 313 g/mol. The number of hydrogen-bond donors (Lipinski definition) is 1. The van der Waals surface area contributed by atoms with Gasteiger partial charge in [0.2, 0.25) is 0 Å². The molecule has 106 valence electrons. The zero-order valence-corrected chi connectivity index (χ0v) is 12.3. The van der Waals surface area contributed by atoms with Gasteiger partial charge in [-0.05, 0) is 5.56 Å². The zero-order chi connectivity index (χ0) is 14.5. The number of carbonyl (C=O) groups is 1. The number of hydrogen-bond acceptors (Lipinski definition) is 3. The molecule has 0 radical (unpaired) electrons. The maximum Gasteiger partial charge on any atom is 0.407 e. The molecule has 1 aromatic carbocycles. The van der Waals surface area contributed by atoms with E-state index in [4.69, 9.17) is 27.9 Å². The lowest BCUT2D eigenvalue weighted by molar-refractivity contribution is 0.139. The molecule has 0 saturated heterocycles. The van der Waals surface area contributed by atoms with Crippen molar-refractivity contribution >= 4 is 29.3 Å². The third-order valence-corrected chi connectivity index (χ3v) is 3.53. The average Bonchev–Trinajstić information content (AvgIpc) is 2.71. The van der Waals surface area contributed by atoms with Gasteiger partial charge in [-0.25, -0.2) is 4.79 Å². The number of carbonyl (C=O) groups excluding carboxylic acids is 1. The summed E-state index contributed by atoms with van der Waals surface area (Å²) in [5.74, 6) is 0. The number of amides is 1. The fourth-order valence-corrected chi connectivity index (χ4v) is 1.95. The summed E-state index contributed by atoms with van der Waals surface area (Å²) in [7, 11) is 1.67. The summed E-state index contributed by atoms with van der Waals surface area (Å²) in [5.41, 5.74) is 1.41. The van der Waals surface area contributed by atoms with E-state index in [1.54, 1.807) is 7.05 Å². The molecule has 2 aromatic rings. The molecule has 1 heterocycles. The molecule has 5 nitrogen and oxygen atoms in total. The molecular weight excluding hydrogens is 301 g/mol. The number of halogens is 2. The van der Waals surface area contributed by atoms with Crippen molar-refractivity contribution < 1.29 is 9.53 Å². The van der Waals surface area contributed by atoms with E-state index in [9.17, 15) is 4.79 Å². The molecule has 0 aliphatic rings. The fraction of sp³-hybridized carbons (Fsp3) is 0.231. The molecule has 0 unspecified atom stereocenters. The quantitative estimate of drug-likeness (QED) is 0.943. The van der Waals surface area contributed by atoms with Crippen LogP contribution in [0.5, 0.6) is 0 Å². The first-order chi connectivity index (χ1) is 9.58. The highest BCUT2D eigenvalue weighted by Gasteiger charge is 2.13. The molecule has 0 aliphatic heterocycles. The van der Waals surface area contributed by atoms with Crippen LogP contribution >= 0.6 is 23.2 Å². The van der Waals surface area contributed by atoms with E-state index >= 15 is 0 Å². The van der Waals surface area contributed by atoms with Crippen LogP contribution in [0.1, 0.15) is 11.3 Å². The molecule has 20 heavy (non-hydrogen) atoms. The van der Waals surface area contributed by atoms with Crippen molar-refractivity contribution in [3.05, 3.63) is 51.8 Å². The largest absolute Gasteiger partial charge is 0.445 e. The van der Waals surface area contributed by atoms with E-state index in [1.807, 2.05) is 30.3 Å². The Hall–Kier alpha value is -1.72. The third kappa shape index (κ3) is 3.65. The van der Waals surface area contributed by atoms with Gasteiger partial charge in [-0.3, -0.25) is 4.68 Å². The van der Waals surface area contributed by atoms with Crippen molar-refractivity contribution in [3.63, 3.8) is 0 Å². The van der Waals surface area contributed by atoms with Crippen LogP contribution in [0.25, 0.3) is 0 Å². The van der Waals surface area contributed by atoms with Crippen molar-refractivity contribution in [2.75, 3.05) is 0 Å². The molecular formula is C13H13Cl2N3O2. The Morgan fingerprint density at radius 2 is 2.05 bits per heavy atom. The van der Waals surface area contributed by atoms with Crippen molar-refractivity contribution in [3.8, 4) is 0 Å². The van der Waals surface area contributed by atoms with Crippen LogP contribution < -0.4 is 5.32 Å². The van der Waals surface area contributed by atoms with Crippen molar-refractivity contribution in [2.45, 2.75) is 13.2 Å². The second kappa shape index (κ2) is 6.63. The van der Waals surface area contributed by atoms with Gasteiger partial charge in [0.1, 0.15) is 22.5 Å². The molecule has 0 bridgehead atoms. The lowest BCUT2D eigenvalue weighted by Gasteiger charge is -2.06. The predicted octanol–water partition coefficient (Wildman–Crippen LogP) is 3.15. The molecule has 2 rings (SSSR count). The van der Waals surface area contributed by atoms with Gasteiger partial charge in [0.25, 0.3) is 0 Å². The van der Waals surface area contributed by atoms with Crippen LogP contribution in [0.2, 0.25) is 10.2 Å². The molecule has 0 aliphatic carbocycles. The summed E-state index contributed by atoms with van der Waals surface area (Å²) < 4.78 is 6.51. The fourth-order valence-electron chi connectivity index (χ4n) is 1.57. The first-order valence-corrected chi connectivity index (χ1v) is 6.65. The Labute approximate surface area is 126 Å². The van der Waals surface area contributed by atoms with Gasteiger partial charge in [-0.2, -0.15) is 5.10 Å². The summed E-state index contributed by atoms with van der Waals surface area (Å²) in [5, 5.41) is 7.32. The minimum absolute atomic E-state index is 0.160. The lowest BCUT2D eigenvalue weighted by atomic mass is 10.2. The van der Waals surface area contributed by atoms with Crippen molar-refractivity contribution in [1.29, 1.82) is 0 Å². The topological polar surface area (TPSA) is 56.2 Å². The Bertz CT molecular complexity index is 599. The smallest absolute Gasteiger partial charge is 0.407 e.